The molecule has 3 heterocycles. The van der Waals surface area contributed by atoms with Crippen LogP contribution in [0.4, 0.5) is 10.5 Å². The molecule has 2 aromatic rings. The summed E-state index contributed by atoms with van der Waals surface area (Å²) < 4.78 is 12.5. The molecule has 0 saturated carbocycles. The van der Waals surface area contributed by atoms with Crippen LogP contribution in [0.15, 0.2) is 18.2 Å². The number of fused-ring (bicyclic) bond motifs is 2. The summed E-state index contributed by atoms with van der Waals surface area (Å²) in [5, 5.41) is 2.87. The number of hydrogen-bond acceptors (Lipinski definition) is 5. The fraction of sp³-hybridized carbons (Fsp3) is 0.389. The second kappa shape index (κ2) is 6.49. The fourth-order valence-corrected chi connectivity index (χ4v) is 3.30. The Morgan fingerprint density at radius 3 is 2.74 bits per heavy atom. The number of aromatic nitrogens is 2. The molecule has 27 heavy (non-hydrogen) atoms. The number of rotatable bonds is 2. The van der Waals surface area contributed by atoms with Gasteiger partial charge in [-0.3, -0.25) is 4.79 Å². The van der Waals surface area contributed by atoms with Crippen LogP contribution < -0.4 is 14.8 Å². The molecule has 142 valence electrons. The van der Waals surface area contributed by atoms with Crippen molar-refractivity contribution in [2.45, 2.75) is 20.0 Å². The number of urea groups is 1. The molecule has 1 aromatic heterocycles. The van der Waals surface area contributed by atoms with E-state index in [9.17, 15) is 9.59 Å². The molecular formula is C18H21N5O4. The van der Waals surface area contributed by atoms with Crippen molar-refractivity contribution in [3.05, 3.63) is 35.4 Å². The summed E-state index contributed by atoms with van der Waals surface area (Å²) in [6.07, 6.45) is 0. The second-order valence-electron chi connectivity index (χ2n) is 6.73. The van der Waals surface area contributed by atoms with Gasteiger partial charge in [-0.15, -0.1) is 0 Å². The van der Waals surface area contributed by atoms with Gasteiger partial charge in [-0.25, -0.2) is 9.78 Å². The van der Waals surface area contributed by atoms with E-state index < -0.39 is 0 Å². The third-order valence-electron chi connectivity index (χ3n) is 4.67. The molecule has 0 saturated heterocycles. The molecule has 0 unspecified atom stereocenters. The molecule has 0 fully saturated rings. The number of carbonyl (C=O) groups is 2. The van der Waals surface area contributed by atoms with E-state index in [1.54, 1.807) is 37.2 Å². The monoisotopic (exact) mass is 371 g/mol. The highest BCUT2D eigenvalue weighted by Crippen LogP contribution is 2.34. The van der Waals surface area contributed by atoms with Gasteiger partial charge in [-0.05, 0) is 19.1 Å². The number of imidazole rings is 1. The van der Waals surface area contributed by atoms with Gasteiger partial charge in [0.1, 0.15) is 11.5 Å². The van der Waals surface area contributed by atoms with E-state index in [1.807, 2.05) is 11.5 Å². The summed E-state index contributed by atoms with van der Waals surface area (Å²) >= 11 is 0. The summed E-state index contributed by atoms with van der Waals surface area (Å²) in [5.74, 6) is 1.92. The number of aryl methyl sites for hydroxylation is 1. The molecule has 0 radical (unpaired) electrons. The number of hydrogen-bond donors (Lipinski definition) is 1. The molecule has 1 aromatic carbocycles. The van der Waals surface area contributed by atoms with E-state index in [2.05, 4.69) is 10.3 Å². The summed E-state index contributed by atoms with van der Waals surface area (Å²) in [6, 6.07) is 5.06. The fourth-order valence-electron chi connectivity index (χ4n) is 3.30. The molecule has 1 N–H and O–H groups in total. The highest BCUT2D eigenvalue weighted by atomic mass is 16.7. The quantitative estimate of drug-likeness (QED) is 0.867. The van der Waals surface area contributed by atoms with Gasteiger partial charge < -0.3 is 29.2 Å². The third-order valence-corrected chi connectivity index (χ3v) is 4.67. The van der Waals surface area contributed by atoms with Crippen LogP contribution in [0, 0.1) is 6.92 Å². The zero-order valence-electron chi connectivity index (χ0n) is 15.5. The zero-order valence-corrected chi connectivity index (χ0v) is 15.5. The number of benzene rings is 1. The van der Waals surface area contributed by atoms with Crippen LogP contribution in [0.3, 0.4) is 0 Å². The maximum atomic E-state index is 12.6. The zero-order chi connectivity index (χ0) is 19.1. The van der Waals surface area contributed by atoms with Gasteiger partial charge in [0.15, 0.2) is 11.5 Å². The van der Waals surface area contributed by atoms with Crippen LogP contribution >= 0.6 is 0 Å². The van der Waals surface area contributed by atoms with E-state index in [1.165, 1.54) is 4.90 Å². The first kappa shape index (κ1) is 17.2. The maximum Gasteiger partial charge on any atom is 0.322 e. The van der Waals surface area contributed by atoms with Gasteiger partial charge in [0.05, 0.1) is 12.2 Å². The predicted molar refractivity (Wildman–Crippen MR) is 97.0 cm³/mol. The molecule has 9 nitrogen and oxygen atoms in total. The molecule has 4 rings (SSSR count). The van der Waals surface area contributed by atoms with E-state index in [4.69, 9.17) is 9.47 Å². The van der Waals surface area contributed by atoms with E-state index in [-0.39, 0.29) is 18.7 Å². The Hall–Kier alpha value is -3.23. The largest absolute Gasteiger partial charge is 0.454 e. The number of nitrogens with zero attached hydrogens (tertiary/aromatic N) is 4. The van der Waals surface area contributed by atoms with Crippen molar-refractivity contribution in [3.63, 3.8) is 0 Å². The topological polar surface area (TPSA) is 88.9 Å². The van der Waals surface area contributed by atoms with Crippen molar-refractivity contribution >= 4 is 17.6 Å². The Morgan fingerprint density at radius 1 is 1.19 bits per heavy atom. The van der Waals surface area contributed by atoms with Crippen molar-refractivity contribution in [3.8, 4) is 11.5 Å². The van der Waals surface area contributed by atoms with Gasteiger partial charge in [0, 0.05) is 38.9 Å². The van der Waals surface area contributed by atoms with Gasteiger partial charge >= 0.3 is 6.03 Å². The Labute approximate surface area is 156 Å². The number of ether oxygens (including phenoxy) is 2. The summed E-state index contributed by atoms with van der Waals surface area (Å²) in [4.78, 5) is 32.8. The van der Waals surface area contributed by atoms with E-state index in [0.29, 0.717) is 54.0 Å². The summed E-state index contributed by atoms with van der Waals surface area (Å²) in [6.45, 7) is 3.37. The molecule has 0 aliphatic carbocycles. The summed E-state index contributed by atoms with van der Waals surface area (Å²) in [7, 11) is 3.44. The molecular weight excluding hydrogens is 350 g/mol. The molecule has 0 atom stereocenters. The highest BCUT2D eigenvalue weighted by Gasteiger charge is 2.28. The highest BCUT2D eigenvalue weighted by molar-refractivity contribution is 5.94. The summed E-state index contributed by atoms with van der Waals surface area (Å²) in [5.41, 5.74) is 1.91. The lowest BCUT2D eigenvalue weighted by molar-refractivity contribution is 0.0813. The minimum atomic E-state index is -0.221. The van der Waals surface area contributed by atoms with Crippen LogP contribution in [-0.2, 0) is 13.1 Å². The lowest BCUT2D eigenvalue weighted by Crippen LogP contribution is -2.41. The van der Waals surface area contributed by atoms with Gasteiger partial charge in [0.25, 0.3) is 5.91 Å². The molecule has 2 aliphatic rings. The standard InChI is InChI=1S/C18H21N5O4/c1-11-16(17(24)21(2)3)23-7-6-22(9-15(23)19-11)18(25)20-12-4-5-13-14(8-12)27-10-26-13/h4-5,8H,6-7,9-10H2,1-3H3,(H,20,25). The van der Waals surface area contributed by atoms with Gasteiger partial charge in [0.2, 0.25) is 6.79 Å². The van der Waals surface area contributed by atoms with Crippen molar-refractivity contribution < 1.29 is 19.1 Å². The average Bonchev–Trinajstić information content (AvgIpc) is 3.22. The lowest BCUT2D eigenvalue weighted by Gasteiger charge is -2.28. The first-order valence-electron chi connectivity index (χ1n) is 8.67. The minimum Gasteiger partial charge on any atom is -0.454 e. The number of amides is 3. The van der Waals surface area contributed by atoms with E-state index >= 15 is 0 Å². The number of anilines is 1. The van der Waals surface area contributed by atoms with E-state index in [0.717, 1.165) is 0 Å². The van der Waals surface area contributed by atoms with Crippen LogP contribution in [0.2, 0.25) is 0 Å². The van der Waals surface area contributed by atoms with Gasteiger partial charge in [-0.2, -0.15) is 0 Å². The normalized spacial score (nSPS) is 14.7. The Bertz CT molecular complexity index is 921. The van der Waals surface area contributed by atoms with Crippen molar-refractivity contribution in [1.29, 1.82) is 0 Å². The van der Waals surface area contributed by atoms with Gasteiger partial charge in [-0.1, -0.05) is 0 Å². The number of carbonyl (C=O) groups excluding carboxylic acids is 2. The maximum absolute atomic E-state index is 12.6. The molecule has 9 heteroatoms. The lowest BCUT2D eigenvalue weighted by atomic mass is 10.2. The Morgan fingerprint density at radius 2 is 1.96 bits per heavy atom. The molecule has 2 aliphatic heterocycles. The smallest absolute Gasteiger partial charge is 0.322 e. The van der Waals surface area contributed by atoms with Crippen molar-refractivity contribution in [1.82, 2.24) is 19.4 Å². The first-order valence-corrected chi connectivity index (χ1v) is 8.67. The second-order valence-corrected chi connectivity index (χ2v) is 6.73. The minimum absolute atomic E-state index is 0.0792. The van der Waals surface area contributed by atoms with Crippen LogP contribution in [0.25, 0.3) is 0 Å². The van der Waals surface area contributed by atoms with Crippen molar-refractivity contribution in [2.75, 3.05) is 32.7 Å². The average molecular weight is 371 g/mol. The SMILES string of the molecule is Cc1nc2n(c1C(=O)N(C)C)CCN(C(=O)Nc1ccc3c(c1)OCO3)C2. The Kier molecular flexibility index (Phi) is 4.14. The predicted octanol–water partition coefficient (Wildman–Crippen LogP) is 1.67. The first-order chi connectivity index (χ1) is 12.9. The molecule has 0 bridgehead atoms. The molecule has 0 spiro atoms. The number of nitrogens with one attached hydrogen (secondary N) is 1. The molecule has 3 amide bonds. The van der Waals surface area contributed by atoms with Crippen LogP contribution in [-0.4, -0.2) is 58.7 Å². The Balaban J connectivity index is 1.49. The van der Waals surface area contributed by atoms with Crippen LogP contribution in [0.1, 0.15) is 22.0 Å². The third kappa shape index (κ3) is 3.05. The van der Waals surface area contributed by atoms with Crippen molar-refractivity contribution in [2.24, 2.45) is 0 Å². The van der Waals surface area contributed by atoms with Crippen LogP contribution in [0.5, 0.6) is 11.5 Å².